The highest BCUT2D eigenvalue weighted by Crippen LogP contribution is 2.26. The Bertz CT molecular complexity index is 1430. The van der Waals surface area contributed by atoms with Gasteiger partial charge < -0.3 is 10.6 Å². The number of anilines is 2. The molecule has 0 aliphatic rings. The van der Waals surface area contributed by atoms with Gasteiger partial charge in [-0.3, -0.25) is 19.8 Å². The van der Waals surface area contributed by atoms with E-state index in [2.05, 4.69) is 47.9 Å². The molecule has 0 unspecified atom stereocenters. The molecule has 0 aliphatic carbocycles. The van der Waals surface area contributed by atoms with Crippen LogP contribution in [0.15, 0.2) is 75.7 Å². The fourth-order valence-electron chi connectivity index (χ4n) is 3.28. The van der Waals surface area contributed by atoms with Crippen molar-refractivity contribution in [3.8, 4) is 0 Å². The van der Waals surface area contributed by atoms with Crippen LogP contribution in [-0.4, -0.2) is 22.4 Å². The summed E-state index contributed by atoms with van der Waals surface area (Å²) in [6, 6.07) is 18.9. The van der Waals surface area contributed by atoms with E-state index in [0.717, 1.165) is 8.95 Å². The Kier molecular flexibility index (Phi) is 7.06. The Morgan fingerprint density at radius 2 is 1.56 bits per heavy atom. The third-order valence-electron chi connectivity index (χ3n) is 5.03. The molecule has 3 amide bonds. The highest BCUT2D eigenvalue weighted by atomic mass is 79.9. The topological polar surface area (TPSA) is 92.2 Å². The third kappa shape index (κ3) is 5.16. The molecule has 3 aromatic carbocycles. The lowest BCUT2D eigenvalue weighted by atomic mass is 10.2. The molecule has 1 heterocycles. The summed E-state index contributed by atoms with van der Waals surface area (Å²) in [5, 5.41) is 6.56. The van der Waals surface area contributed by atoms with E-state index in [1.165, 1.54) is 4.68 Å². The van der Waals surface area contributed by atoms with Crippen molar-refractivity contribution in [2.24, 2.45) is 0 Å². The normalized spacial score (nSPS) is 10.7. The van der Waals surface area contributed by atoms with E-state index in [4.69, 9.17) is 11.6 Å². The number of nitrogens with zero attached hydrogens (tertiary/aromatic N) is 1. The van der Waals surface area contributed by atoms with Crippen LogP contribution in [0, 0.1) is 6.92 Å². The molecule has 34 heavy (non-hydrogen) atoms. The fourth-order valence-corrected chi connectivity index (χ4v) is 4.09. The summed E-state index contributed by atoms with van der Waals surface area (Å²) in [4.78, 5) is 38.4. The molecule has 4 aromatic rings. The van der Waals surface area contributed by atoms with Crippen LogP contribution in [0.1, 0.15) is 16.1 Å². The minimum absolute atomic E-state index is 0.136. The zero-order valence-corrected chi connectivity index (χ0v) is 21.6. The number of hydrogen-bond acceptors (Lipinski definition) is 3. The van der Waals surface area contributed by atoms with Gasteiger partial charge in [0.05, 0.1) is 5.52 Å². The average Bonchev–Trinajstić information content (AvgIpc) is 3.15. The fraction of sp³-hybridized carbons (Fsp3) is 0.0417. The van der Waals surface area contributed by atoms with Crippen LogP contribution in [0.3, 0.4) is 0 Å². The smallest absolute Gasteiger partial charge is 0.320 e. The second kappa shape index (κ2) is 10.0. The van der Waals surface area contributed by atoms with Crippen LogP contribution >= 0.6 is 43.5 Å². The lowest BCUT2D eigenvalue weighted by Crippen LogP contribution is -2.36. The summed E-state index contributed by atoms with van der Waals surface area (Å²) in [5.41, 5.74) is 4.91. The van der Waals surface area contributed by atoms with Crippen molar-refractivity contribution >= 4 is 83.5 Å². The van der Waals surface area contributed by atoms with Gasteiger partial charge in [0.15, 0.2) is 0 Å². The van der Waals surface area contributed by atoms with Gasteiger partial charge in [-0.05, 0) is 73.2 Å². The van der Waals surface area contributed by atoms with Crippen molar-refractivity contribution in [2.75, 3.05) is 16.1 Å². The second-order valence-corrected chi connectivity index (χ2v) is 9.58. The molecule has 10 heteroatoms. The van der Waals surface area contributed by atoms with Gasteiger partial charge in [-0.15, -0.1) is 0 Å². The Balaban J connectivity index is 1.64. The molecular weight excluding hydrogens is 588 g/mol. The Hall–Kier alpha value is -3.14. The van der Waals surface area contributed by atoms with Gasteiger partial charge in [0, 0.05) is 30.7 Å². The van der Waals surface area contributed by atoms with Crippen LogP contribution in [0.4, 0.5) is 11.4 Å². The summed E-state index contributed by atoms with van der Waals surface area (Å²) in [7, 11) is 0. The molecule has 4 rings (SSSR count). The molecule has 0 saturated heterocycles. The highest BCUT2D eigenvalue weighted by molar-refractivity contribution is 9.10. The lowest BCUT2D eigenvalue weighted by molar-refractivity contribution is -0.133. The largest absolute Gasteiger partial charge is 0.328 e. The number of rotatable bonds is 4. The van der Waals surface area contributed by atoms with Gasteiger partial charge in [-0.2, -0.15) is 0 Å². The number of amides is 3. The molecule has 1 aromatic heterocycles. The average molecular weight is 605 g/mol. The first-order valence-electron chi connectivity index (χ1n) is 9.98. The standard InChI is InChI=1S/C24H17Br2ClN4O3/c1-13-18(27)3-2-4-19(13)29-22(32)21-12-14-11-16(26)7-10-20(14)31(21)30-24(34)23(33)28-17-8-5-15(25)6-9-17/h2-12H,1H3,(H,28,33)(H,29,32)(H,30,34). The Labute approximate surface area is 216 Å². The first kappa shape index (κ1) is 24.0. The van der Waals surface area contributed by atoms with Crippen LogP contribution in [0.5, 0.6) is 0 Å². The number of aromatic nitrogens is 1. The van der Waals surface area contributed by atoms with Crippen molar-refractivity contribution < 1.29 is 14.4 Å². The minimum atomic E-state index is -0.934. The summed E-state index contributed by atoms with van der Waals surface area (Å²) < 4.78 is 2.93. The van der Waals surface area contributed by atoms with Gasteiger partial charge in [-0.25, -0.2) is 4.68 Å². The zero-order chi connectivity index (χ0) is 24.4. The number of benzene rings is 3. The van der Waals surface area contributed by atoms with Crippen molar-refractivity contribution in [1.82, 2.24) is 4.68 Å². The SMILES string of the molecule is Cc1c(Cl)cccc1NC(=O)c1cc2cc(Br)ccc2n1NC(=O)C(=O)Nc1ccc(Br)cc1. The molecule has 3 N–H and O–H groups in total. The molecule has 0 saturated carbocycles. The predicted molar refractivity (Wildman–Crippen MR) is 141 cm³/mol. The van der Waals surface area contributed by atoms with Crippen molar-refractivity contribution in [1.29, 1.82) is 0 Å². The summed E-state index contributed by atoms with van der Waals surface area (Å²) in [5.74, 6) is -2.29. The number of nitrogens with one attached hydrogen (secondary N) is 3. The first-order valence-corrected chi connectivity index (χ1v) is 11.9. The molecule has 7 nitrogen and oxygen atoms in total. The summed E-state index contributed by atoms with van der Waals surface area (Å²) in [6.45, 7) is 1.79. The van der Waals surface area contributed by atoms with Crippen LogP contribution in [0.25, 0.3) is 10.9 Å². The molecule has 0 fully saturated rings. The number of hydrogen-bond donors (Lipinski definition) is 3. The van der Waals surface area contributed by atoms with E-state index in [1.807, 2.05) is 0 Å². The number of halogens is 3. The first-order chi connectivity index (χ1) is 16.2. The van der Waals surface area contributed by atoms with E-state index in [-0.39, 0.29) is 5.69 Å². The Morgan fingerprint density at radius 3 is 2.29 bits per heavy atom. The molecule has 0 bridgehead atoms. The summed E-state index contributed by atoms with van der Waals surface area (Å²) in [6.07, 6.45) is 0. The predicted octanol–water partition coefficient (Wildman–Crippen LogP) is 6.09. The minimum Gasteiger partial charge on any atom is -0.320 e. The van der Waals surface area contributed by atoms with E-state index >= 15 is 0 Å². The monoisotopic (exact) mass is 602 g/mol. The van der Waals surface area contributed by atoms with Crippen LogP contribution < -0.4 is 16.1 Å². The lowest BCUT2D eigenvalue weighted by Gasteiger charge is -2.14. The molecule has 0 radical (unpaired) electrons. The van der Waals surface area contributed by atoms with Gasteiger partial charge in [0.2, 0.25) is 0 Å². The molecular formula is C24H17Br2ClN4O3. The molecule has 172 valence electrons. The maximum absolute atomic E-state index is 13.2. The number of carbonyl (C=O) groups excluding carboxylic acids is 3. The summed E-state index contributed by atoms with van der Waals surface area (Å²) >= 11 is 12.9. The molecule has 0 atom stereocenters. The van der Waals surface area contributed by atoms with Gasteiger partial charge in [0.25, 0.3) is 5.91 Å². The number of fused-ring (bicyclic) bond motifs is 1. The quantitative estimate of drug-likeness (QED) is 0.246. The number of carbonyl (C=O) groups is 3. The van der Waals surface area contributed by atoms with Crippen molar-refractivity contribution in [3.05, 3.63) is 92.0 Å². The van der Waals surface area contributed by atoms with E-state index in [9.17, 15) is 14.4 Å². The van der Waals surface area contributed by atoms with Crippen LogP contribution in [0.2, 0.25) is 5.02 Å². The maximum atomic E-state index is 13.2. The maximum Gasteiger partial charge on any atom is 0.328 e. The van der Waals surface area contributed by atoms with E-state index in [1.54, 1.807) is 73.7 Å². The zero-order valence-electron chi connectivity index (χ0n) is 17.7. The molecule has 0 spiro atoms. The highest BCUT2D eigenvalue weighted by Gasteiger charge is 2.21. The third-order valence-corrected chi connectivity index (χ3v) is 6.47. The van der Waals surface area contributed by atoms with Gasteiger partial charge in [0.1, 0.15) is 5.69 Å². The second-order valence-electron chi connectivity index (χ2n) is 7.34. The Morgan fingerprint density at radius 1 is 0.853 bits per heavy atom. The molecule has 0 aliphatic heterocycles. The van der Waals surface area contributed by atoms with Crippen molar-refractivity contribution in [3.63, 3.8) is 0 Å². The van der Waals surface area contributed by atoms with Gasteiger partial charge in [-0.1, -0.05) is 49.5 Å². The van der Waals surface area contributed by atoms with E-state index in [0.29, 0.717) is 32.9 Å². The van der Waals surface area contributed by atoms with E-state index < -0.39 is 17.7 Å². The van der Waals surface area contributed by atoms with Crippen LogP contribution in [-0.2, 0) is 9.59 Å². The van der Waals surface area contributed by atoms with Gasteiger partial charge >= 0.3 is 11.8 Å². The van der Waals surface area contributed by atoms with Crippen molar-refractivity contribution in [2.45, 2.75) is 6.92 Å².